The fourth-order valence-corrected chi connectivity index (χ4v) is 5.26. The van der Waals surface area contributed by atoms with E-state index < -0.39 is 10.0 Å². The van der Waals surface area contributed by atoms with Crippen LogP contribution in [0.25, 0.3) is 10.9 Å². The number of hydrogen-bond acceptors (Lipinski definition) is 6. The standard InChI is InChI=1S/C16H13NO3S.C11H11N3O/c18-11-14-10-17(16-9-5-4-8-15(14)16)21(19,20)12-13-6-2-1-3-7-13;1-8(15)13-14-11-6-7-12-10-5-3-2-4-9(10)11/h1-11H,12H2;2-5,7H,6H2,1H3,(H,13,15). The van der Waals surface area contributed by atoms with Crippen LogP contribution in [-0.4, -0.2) is 36.5 Å². The fourth-order valence-electron chi connectivity index (χ4n) is 3.78. The average molecular weight is 501 g/mol. The Labute approximate surface area is 209 Å². The molecule has 0 saturated carbocycles. The lowest BCUT2D eigenvalue weighted by molar-refractivity contribution is -0.118. The number of nitrogens with zero attached hydrogens (tertiary/aromatic N) is 3. The zero-order chi connectivity index (χ0) is 25.5. The first-order chi connectivity index (χ1) is 17.4. The number of aldehydes is 1. The summed E-state index contributed by atoms with van der Waals surface area (Å²) in [7, 11) is -3.57. The maximum absolute atomic E-state index is 12.6. The van der Waals surface area contributed by atoms with Gasteiger partial charge in [-0.15, -0.1) is 0 Å². The molecule has 0 saturated heterocycles. The molecule has 1 aliphatic heterocycles. The van der Waals surface area contributed by atoms with Gasteiger partial charge in [-0.1, -0.05) is 66.7 Å². The summed E-state index contributed by atoms with van der Waals surface area (Å²) in [5.74, 6) is -0.271. The normalized spacial score (nSPS) is 13.5. The number of aliphatic imine (C=N–C) groups is 1. The summed E-state index contributed by atoms with van der Waals surface area (Å²) in [5, 5.41) is 4.69. The van der Waals surface area contributed by atoms with Crippen LogP contribution < -0.4 is 5.43 Å². The highest BCUT2D eigenvalue weighted by molar-refractivity contribution is 7.89. The van der Waals surface area contributed by atoms with E-state index in [9.17, 15) is 18.0 Å². The number of benzene rings is 3. The van der Waals surface area contributed by atoms with Crippen molar-refractivity contribution in [2.24, 2.45) is 10.1 Å². The number of aromatic nitrogens is 1. The highest BCUT2D eigenvalue weighted by Crippen LogP contribution is 2.24. The molecule has 3 aromatic carbocycles. The SMILES string of the molecule is CC(=O)NN=C1CC=Nc2ccccc21.O=Cc1cn(S(=O)(=O)Cc2ccccc2)c2ccccc12. The Morgan fingerprint density at radius 3 is 2.47 bits per heavy atom. The second-order valence-corrected chi connectivity index (χ2v) is 9.86. The second-order valence-electron chi connectivity index (χ2n) is 8.02. The molecule has 1 aromatic heterocycles. The summed E-state index contributed by atoms with van der Waals surface area (Å²) >= 11 is 0. The van der Waals surface area contributed by atoms with Crippen molar-refractivity contribution in [1.82, 2.24) is 9.40 Å². The average Bonchev–Trinajstić information content (AvgIpc) is 3.28. The highest BCUT2D eigenvalue weighted by Gasteiger charge is 2.19. The third-order valence-corrected chi connectivity index (χ3v) is 7.01. The van der Waals surface area contributed by atoms with Crippen molar-refractivity contribution in [1.29, 1.82) is 0 Å². The number of para-hydroxylation sites is 2. The molecule has 4 aromatic rings. The van der Waals surface area contributed by atoms with E-state index in [4.69, 9.17) is 0 Å². The van der Waals surface area contributed by atoms with Crippen LogP contribution in [0.15, 0.2) is 95.2 Å². The van der Waals surface area contributed by atoms with Crippen LogP contribution in [0.2, 0.25) is 0 Å². The molecule has 0 radical (unpaired) electrons. The van der Waals surface area contributed by atoms with Crippen LogP contribution in [-0.2, 0) is 20.6 Å². The van der Waals surface area contributed by atoms with Crippen molar-refractivity contribution < 1.29 is 18.0 Å². The summed E-state index contributed by atoms with van der Waals surface area (Å²) in [6.45, 7) is 1.44. The molecule has 5 rings (SSSR count). The molecule has 0 unspecified atom stereocenters. The molecule has 1 aliphatic rings. The Bertz CT molecular complexity index is 1570. The lowest BCUT2D eigenvalue weighted by Crippen LogP contribution is -2.17. The van der Waals surface area contributed by atoms with Gasteiger partial charge >= 0.3 is 0 Å². The molecular formula is C27H24N4O4S. The molecule has 0 aliphatic carbocycles. The summed E-state index contributed by atoms with van der Waals surface area (Å²) in [5.41, 5.74) is 6.78. The van der Waals surface area contributed by atoms with Gasteiger partial charge in [0.05, 0.1) is 22.7 Å². The molecule has 2 heterocycles. The number of carbonyl (C=O) groups is 2. The lowest BCUT2D eigenvalue weighted by atomic mass is 10.0. The van der Waals surface area contributed by atoms with Gasteiger partial charge in [-0.05, 0) is 17.7 Å². The molecule has 9 heteroatoms. The van der Waals surface area contributed by atoms with Gasteiger partial charge in [0.1, 0.15) is 0 Å². The number of hydrazone groups is 1. The number of rotatable bonds is 5. The number of fused-ring (bicyclic) bond motifs is 2. The molecule has 0 atom stereocenters. The maximum Gasteiger partial charge on any atom is 0.243 e. The summed E-state index contributed by atoms with van der Waals surface area (Å²) in [6.07, 6.45) is 4.51. The predicted molar refractivity (Wildman–Crippen MR) is 141 cm³/mol. The van der Waals surface area contributed by atoms with Crippen molar-refractivity contribution in [3.63, 3.8) is 0 Å². The Balaban J connectivity index is 0.000000179. The quantitative estimate of drug-likeness (QED) is 0.322. The van der Waals surface area contributed by atoms with Gasteiger partial charge in [-0.2, -0.15) is 5.10 Å². The van der Waals surface area contributed by atoms with Crippen molar-refractivity contribution >= 4 is 50.7 Å². The van der Waals surface area contributed by atoms with Gasteiger partial charge in [0, 0.05) is 42.3 Å². The first-order valence-corrected chi connectivity index (χ1v) is 12.8. The van der Waals surface area contributed by atoms with Gasteiger partial charge in [-0.3, -0.25) is 14.6 Å². The van der Waals surface area contributed by atoms with Crippen molar-refractivity contribution in [2.45, 2.75) is 19.1 Å². The Morgan fingerprint density at radius 1 is 1.03 bits per heavy atom. The van der Waals surface area contributed by atoms with Crippen molar-refractivity contribution in [2.75, 3.05) is 0 Å². The van der Waals surface area contributed by atoms with E-state index in [0.717, 1.165) is 17.0 Å². The van der Waals surface area contributed by atoms with Crippen LogP contribution in [0.4, 0.5) is 5.69 Å². The van der Waals surface area contributed by atoms with Gasteiger partial charge in [-0.25, -0.2) is 17.8 Å². The number of carbonyl (C=O) groups excluding carboxylic acids is 2. The van der Waals surface area contributed by atoms with E-state index in [0.29, 0.717) is 34.7 Å². The third kappa shape index (κ3) is 5.64. The Morgan fingerprint density at radius 2 is 1.72 bits per heavy atom. The highest BCUT2D eigenvalue weighted by atomic mass is 32.2. The van der Waals surface area contributed by atoms with Crippen molar-refractivity contribution in [3.8, 4) is 0 Å². The number of amides is 1. The van der Waals surface area contributed by atoms with E-state index in [2.05, 4.69) is 15.5 Å². The summed E-state index contributed by atoms with van der Waals surface area (Å²) in [4.78, 5) is 26.1. The van der Waals surface area contributed by atoms with Gasteiger partial charge < -0.3 is 0 Å². The van der Waals surface area contributed by atoms with Crippen LogP contribution in [0.5, 0.6) is 0 Å². The largest absolute Gasteiger partial charge is 0.298 e. The van der Waals surface area contributed by atoms with E-state index in [-0.39, 0.29) is 11.7 Å². The molecule has 1 amide bonds. The van der Waals surface area contributed by atoms with Crippen LogP contribution in [0.3, 0.4) is 0 Å². The second kappa shape index (κ2) is 10.9. The van der Waals surface area contributed by atoms with E-state index >= 15 is 0 Å². The summed E-state index contributed by atoms with van der Waals surface area (Å²) < 4.78 is 26.4. The molecule has 1 N–H and O–H groups in total. The first-order valence-electron chi connectivity index (χ1n) is 11.2. The van der Waals surface area contributed by atoms with E-state index in [1.807, 2.05) is 30.3 Å². The molecule has 0 fully saturated rings. The fraction of sp³-hybridized carbons (Fsp3) is 0.111. The number of nitrogens with one attached hydrogen (secondary N) is 1. The van der Waals surface area contributed by atoms with E-state index in [1.165, 1.54) is 17.1 Å². The molecule has 182 valence electrons. The molecular weight excluding hydrogens is 476 g/mol. The zero-order valence-electron chi connectivity index (χ0n) is 19.5. The molecule has 0 bridgehead atoms. The minimum atomic E-state index is -3.57. The van der Waals surface area contributed by atoms with Crippen LogP contribution in [0.1, 0.15) is 34.8 Å². The minimum Gasteiger partial charge on any atom is -0.298 e. The van der Waals surface area contributed by atoms with Gasteiger partial charge in [0.2, 0.25) is 15.9 Å². The predicted octanol–water partition coefficient (Wildman–Crippen LogP) is 4.46. The first kappa shape index (κ1) is 24.7. The zero-order valence-corrected chi connectivity index (χ0v) is 20.4. The van der Waals surface area contributed by atoms with Crippen LogP contribution >= 0.6 is 0 Å². The lowest BCUT2D eigenvalue weighted by Gasteiger charge is -2.11. The van der Waals surface area contributed by atoms with Crippen LogP contribution in [0, 0.1) is 0 Å². The smallest absolute Gasteiger partial charge is 0.243 e. The van der Waals surface area contributed by atoms with Crippen molar-refractivity contribution in [3.05, 3.63) is 102 Å². The molecule has 36 heavy (non-hydrogen) atoms. The minimum absolute atomic E-state index is 0.106. The molecule has 0 spiro atoms. The Hall–Kier alpha value is -4.37. The maximum atomic E-state index is 12.6. The topological polar surface area (TPSA) is 110 Å². The van der Waals surface area contributed by atoms with Gasteiger partial charge in [0.15, 0.2) is 6.29 Å². The summed E-state index contributed by atoms with van der Waals surface area (Å²) in [6, 6.07) is 23.7. The van der Waals surface area contributed by atoms with E-state index in [1.54, 1.807) is 54.7 Å². The monoisotopic (exact) mass is 500 g/mol. The van der Waals surface area contributed by atoms with Gasteiger partial charge in [0.25, 0.3) is 0 Å². The number of hydrogen-bond donors (Lipinski definition) is 1. The third-order valence-electron chi connectivity index (χ3n) is 5.41. The Kier molecular flexibility index (Phi) is 7.50. The molecule has 8 nitrogen and oxygen atoms in total.